The third-order valence-electron chi connectivity index (χ3n) is 17.3. The topological polar surface area (TPSA) is 107 Å². The van der Waals surface area contributed by atoms with Crippen LogP contribution in [-0.2, 0) is 25.7 Å². The van der Waals surface area contributed by atoms with Crippen LogP contribution in [0.4, 0.5) is 0 Å². The Morgan fingerprint density at radius 2 is 1.59 bits per heavy atom. The Morgan fingerprint density at radius 3 is 2.21 bits per heavy atom. The lowest BCUT2D eigenvalue weighted by atomic mass is 9.33. The minimum atomic E-state index is -1.17. The van der Waals surface area contributed by atoms with Crippen molar-refractivity contribution in [2.75, 3.05) is 33.7 Å². The number of halogens is 1. The van der Waals surface area contributed by atoms with Crippen molar-refractivity contribution in [3.8, 4) is 0 Å². The molecule has 5 aliphatic carbocycles. The quantitative estimate of drug-likeness (QED) is 0.179. The standard InChI is InChI=1S/C49H75ClN2O6/c1-31(2)41-35(53)27-49(38(54)30-52(26-12-25-51(10)11)29-32-13-15-33(50)16-14-32)24-23-47(8)34(42(41)49)17-18-37-46(7)21-20-39(58-40(55)28-44(3,4)43(56)57)45(5,6)36(46)19-22-48(37,47)9/h13-16,31,34,36-39,54H,12,17-30H2,1-11H3,(H,56,57)/t34-,36?,37-,38+,39-,46?,47+,48?,49-/m0/s1. The van der Waals surface area contributed by atoms with Crippen LogP contribution < -0.4 is 0 Å². The Labute approximate surface area is 354 Å². The molecule has 1 aromatic carbocycles. The minimum Gasteiger partial charge on any atom is -0.481 e. The van der Waals surface area contributed by atoms with Crippen LogP contribution in [-0.4, -0.2) is 83.7 Å². The molecule has 324 valence electrons. The number of hydrogen-bond acceptors (Lipinski definition) is 7. The SMILES string of the molecule is CC(C)C1=C2[C@@H]3CC[C@H]4C5(C)CC[C@H](OC(=O)CC(C)(C)C(=O)O)C(C)(C)C5CCC4(C)[C@]3(C)CC[C@@]2([C@H](O)CN(CCCN(C)C)Cc2ccc(Cl)cc2)CC1=O. The Morgan fingerprint density at radius 1 is 0.914 bits per heavy atom. The van der Waals surface area contributed by atoms with Crippen LogP contribution in [0.15, 0.2) is 35.4 Å². The van der Waals surface area contributed by atoms with Gasteiger partial charge in [0.15, 0.2) is 5.78 Å². The average Bonchev–Trinajstić information content (AvgIpc) is 3.43. The van der Waals surface area contributed by atoms with Crippen molar-refractivity contribution in [2.45, 2.75) is 152 Å². The number of nitrogens with zero attached hydrogens (tertiary/aromatic N) is 2. The highest BCUT2D eigenvalue weighted by atomic mass is 35.5. The number of carboxylic acids is 1. The van der Waals surface area contributed by atoms with Crippen LogP contribution in [0, 0.1) is 56.2 Å². The zero-order valence-corrected chi connectivity index (χ0v) is 38.4. The molecule has 8 nitrogen and oxygen atoms in total. The maximum Gasteiger partial charge on any atom is 0.309 e. The highest BCUT2D eigenvalue weighted by molar-refractivity contribution is 6.30. The first-order valence-electron chi connectivity index (χ1n) is 22.4. The molecule has 2 N–H and O–H groups in total. The molecule has 58 heavy (non-hydrogen) atoms. The first-order chi connectivity index (χ1) is 26.9. The first kappa shape index (κ1) is 45.3. The number of carbonyl (C=O) groups is 3. The van der Waals surface area contributed by atoms with Crippen molar-refractivity contribution in [1.29, 1.82) is 0 Å². The molecule has 9 atom stereocenters. The van der Waals surface area contributed by atoms with E-state index in [0.717, 1.165) is 88.0 Å². The Balaban J connectivity index is 1.28. The van der Waals surface area contributed by atoms with E-state index in [-0.39, 0.29) is 51.8 Å². The van der Waals surface area contributed by atoms with Gasteiger partial charge in [-0.3, -0.25) is 19.3 Å². The van der Waals surface area contributed by atoms with E-state index in [9.17, 15) is 24.6 Å². The van der Waals surface area contributed by atoms with Gasteiger partial charge in [0.2, 0.25) is 0 Å². The number of aliphatic carboxylic acids is 1. The smallest absolute Gasteiger partial charge is 0.309 e. The second kappa shape index (κ2) is 16.2. The number of benzene rings is 1. The van der Waals surface area contributed by atoms with E-state index in [1.807, 2.05) is 12.1 Å². The van der Waals surface area contributed by atoms with E-state index in [1.165, 1.54) is 11.1 Å². The summed E-state index contributed by atoms with van der Waals surface area (Å²) in [7, 11) is 4.20. The van der Waals surface area contributed by atoms with Gasteiger partial charge in [-0.25, -0.2) is 0 Å². The zero-order chi connectivity index (χ0) is 42.8. The van der Waals surface area contributed by atoms with Gasteiger partial charge in [0, 0.05) is 35.4 Å². The number of rotatable bonds is 14. The van der Waals surface area contributed by atoms with Gasteiger partial charge in [-0.05, 0) is 162 Å². The second-order valence-electron chi connectivity index (χ2n) is 22.1. The maximum atomic E-state index is 14.4. The van der Waals surface area contributed by atoms with E-state index in [0.29, 0.717) is 24.8 Å². The van der Waals surface area contributed by atoms with E-state index in [4.69, 9.17) is 16.3 Å². The number of aliphatic hydroxyl groups is 1. The van der Waals surface area contributed by atoms with Crippen molar-refractivity contribution in [2.24, 2.45) is 56.2 Å². The summed E-state index contributed by atoms with van der Waals surface area (Å²) in [6.07, 6.45) is 8.15. The Kier molecular flexibility index (Phi) is 12.7. The number of fused-ring (bicyclic) bond motifs is 7. The third kappa shape index (κ3) is 7.77. The molecular formula is C49H75ClN2O6. The highest BCUT2D eigenvalue weighted by Gasteiger charge is 2.71. The van der Waals surface area contributed by atoms with Crippen molar-refractivity contribution in [3.63, 3.8) is 0 Å². The van der Waals surface area contributed by atoms with Gasteiger partial charge in [-0.1, -0.05) is 77.8 Å². The summed E-state index contributed by atoms with van der Waals surface area (Å²) >= 11 is 6.26. The molecule has 9 heteroatoms. The Hall–Kier alpha value is -2.26. The van der Waals surface area contributed by atoms with Gasteiger partial charge >= 0.3 is 11.9 Å². The molecule has 0 bridgehead atoms. The molecule has 0 saturated heterocycles. The number of ketones is 1. The van der Waals surface area contributed by atoms with Gasteiger partial charge in [0.05, 0.1) is 17.9 Å². The van der Waals surface area contributed by atoms with Crippen LogP contribution >= 0.6 is 11.6 Å². The van der Waals surface area contributed by atoms with E-state index in [2.05, 4.69) is 84.5 Å². The summed E-state index contributed by atoms with van der Waals surface area (Å²) < 4.78 is 6.20. The fourth-order valence-corrected chi connectivity index (χ4v) is 14.2. The summed E-state index contributed by atoms with van der Waals surface area (Å²) in [4.78, 5) is 43.9. The molecule has 4 saturated carbocycles. The monoisotopic (exact) mass is 823 g/mol. The lowest BCUT2D eigenvalue weighted by Gasteiger charge is -2.72. The van der Waals surface area contributed by atoms with Crippen LogP contribution in [0.25, 0.3) is 0 Å². The lowest BCUT2D eigenvalue weighted by molar-refractivity contribution is -0.235. The molecule has 3 unspecified atom stereocenters. The molecule has 0 aliphatic heterocycles. The zero-order valence-electron chi connectivity index (χ0n) is 37.7. The highest BCUT2D eigenvalue weighted by Crippen LogP contribution is 2.77. The molecule has 0 heterocycles. The van der Waals surface area contributed by atoms with Crippen molar-refractivity contribution >= 4 is 29.3 Å². The number of carbonyl (C=O) groups excluding carboxylic acids is 2. The largest absolute Gasteiger partial charge is 0.481 e. The van der Waals surface area contributed by atoms with Crippen molar-refractivity contribution < 1.29 is 29.3 Å². The van der Waals surface area contributed by atoms with Gasteiger partial charge < -0.3 is 19.8 Å². The second-order valence-corrected chi connectivity index (χ2v) is 22.5. The van der Waals surface area contributed by atoms with E-state index in [1.54, 1.807) is 13.8 Å². The van der Waals surface area contributed by atoms with Crippen LogP contribution in [0.1, 0.15) is 139 Å². The van der Waals surface area contributed by atoms with Gasteiger partial charge in [-0.15, -0.1) is 0 Å². The molecule has 0 aromatic heterocycles. The average molecular weight is 824 g/mol. The van der Waals surface area contributed by atoms with Gasteiger partial charge in [0.1, 0.15) is 6.10 Å². The molecule has 0 spiro atoms. The van der Waals surface area contributed by atoms with E-state index >= 15 is 0 Å². The molecular weight excluding hydrogens is 748 g/mol. The summed E-state index contributed by atoms with van der Waals surface area (Å²) in [5, 5.41) is 23.1. The molecule has 4 fully saturated rings. The molecule has 5 aliphatic rings. The van der Waals surface area contributed by atoms with Crippen LogP contribution in [0.5, 0.6) is 0 Å². The molecule has 1 aromatic rings. The van der Waals surface area contributed by atoms with Crippen LogP contribution in [0.2, 0.25) is 5.02 Å². The van der Waals surface area contributed by atoms with Gasteiger partial charge in [0.25, 0.3) is 0 Å². The summed E-state index contributed by atoms with van der Waals surface area (Å²) in [5.74, 6) is 0.0120. The predicted octanol–water partition coefficient (Wildman–Crippen LogP) is 9.85. The summed E-state index contributed by atoms with van der Waals surface area (Å²) in [6, 6.07) is 8.04. The number of allylic oxidation sites excluding steroid dienone is 1. The molecule has 0 radical (unpaired) electrons. The third-order valence-corrected chi connectivity index (χ3v) is 17.6. The number of aliphatic hydroxyl groups excluding tert-OH is 1. The summed E-state index contributed by atoms with van der Waals surface area (Å²) in [6.45, 7) is 22.8. The van der Waals surface area contributed by atoms with Crippen LogP contribution in [0.3, 0.4) is 0 Å². The number of carboxylic acid groups (broad SMARTS) is 1. The number of esters is 1. The minimum absolute atomic E-state index is 0.0300. The molecule has 0 amide bonds. The lowest BCUT2D eigenvalue weighted by Crippen LogP contribution is -2.66. The number of ether oxygens (including phenoxy) is 1. The predicted molar refractivity (Wildman–Crippen MR) is 231 cm³/mol. The van der Waals surface area contributed by atoms with Crippen molar-refractivity contribution in [1.82, 2.24) is 9.80 Å². The van der Waals surface area contributed by atoms with Crippen molar-refractivity contribution in [3.05, 3.63) is 46.0 Å². The first-order valence-corrected chi connectivity index (χ1v) is 22.8. The number of Topliss-reactive ketones (excluding diaryl/α,β-unsaturated/α-hetero) is 1. The number of hydrogen-bond donors (Lipinski definition) is 2. The Bertz CT molecular complexity index is 1750. The normalized spacial score (nSPS) is 35.1. The summed E-state index contributed by atoms with van der Waals surface area (Å²) in [5.41, 5.74) is 1.57. The fourth-order valence-electron chi connectivity index (χ4n) is 14.0. The fraction of sp³-hybridized carbons (Fsp3) is 0.776. The molecule has 6 rings (SSSR count). The maximum absolute atomic E-state index is 14.4. The van der Waals surface area contributed by atoms with E-state index < -0.39 is 28.9 Å². The van der Waals surface area contributed by atoms with Gasteiger partial charge in [-0.2, -0.15) is 0 Å².